The molecule has 4 atom stereocenters. The largest absolute Gasteiger partial charge is 0.353 e. The van der Waals surface area contributed by atoms with Crippen LogP contribution in [0.1, 0.15) is 25.7 Å². The molecule has 4 aliphatic rings. The molecule has 1 aromatic heterocycles. The van der Waals surface area contributed by atoms with Gasteiger partial charge in [0.05, 0.1) is 18.7 Å². The van der Waals surface area contributed by atoms with E-state index in [0.29, 0.717) is 18.0 Å². The van der Waals surface area contributed by atoms with Crippen LogP contribution in [0, 0.1) is 11.8 Å². The summed E-state index contributed by atoms with van der Waals surface area (Å²) in [6.07, 6.45) is 6.57. The molecule has 6 heteroatoms. The molecule has 3 aromatic rings. The number of hydrogen-bond acceptors (Lipinski definition) is 4. The molecule has 2 unspecified atom stereocenters. The van der Waals surface area contributed by atoms with E-state index in [1.807, 2.05) is 10.7 Å². The molecule has 1 aliphatic carbocycles. The Hall–Kier alpha value is -2.99. The predicted octanol–water partition coefficient (Wildman–Crippen LogP) is 3.60. The fraction of sp³-hybridized carbons (Fsp3) is 0.423. The first kappa shape index (κ1) is 19.7. The third kappa shape index (κ3) is 3.95. The molecular weight excluding hydrogens is 398 g/mol. The average Bonchev–Trinajstić information content (AvgIpc) is 3.54. The van der Waals surface area contributed by atoms with Gasteiger partial charge in [0.2, 0.25) is 5.91 Å². The zero-order valence-corrected chi connectivity index (χ0v) is 18.2. The van der Waals surface area contributed by atoms with Gasteiger partial charge in [-0.3, -0.25) is 14.4 Å². The highest BCUT2D eigenvalue weighted by Gasteiger charge is 2.44. The molecule has 1 saturated carbocycles. The Morgan fingerprint density at radius 3 is 2.44 bits per heavy atom. The summed E-state index contributed by atoms with van der Waals surface area (Å²) >= 11 is 0. The van der Waals surface area contributed by atoms with Crippen LogP contribution in [0.15, 0.2) is 60.8 Å². The van der Waals surface area contributed by atoms with Gasteiger partial charge < -0.3 is 5.32 Å². The quantitative estimate of drug-likeness (QED) is 0.653. The van der Waals surface area contributed by atoms with Crippen LogP contribution in [-0.2, 0) is 11.3 Å². The third-order valence-corrected chi connectivity index (χ3v) is 7.36. The number of nitrogens with one attached hydrogen (secondary N) is 1. The Morgan fingerprint density at radius 1 is 0.969 bits per heavy atom. The van der Waals surface area contributed by atoms with Crippen molar-refractivity contribution in [3.05, 3.63) is 60.8 Å². The first-order chi connectivity index (χ1) is 15.7. The summed E-state index contributed by atoms with van der Waals surface area (Å²) < 4.78 is 1.98. The number of benzene rings is 2. The molecular formula is C26H29N5O. The van der Waals surface area contributed by atoms with Crippen molar-refractivity contribution in [2.45, 2.75) is 44.3 Å². The van der Waals surface area contributed by atoms with E-state index in [1.165, 1.54) is 11.1 Å². The van der Waals surface area contributed by atoms with Crippen molar-refractivity contribution in [2.24, 2.45) is 11.8 Å². The van der Waals surface area contributed by atoms with Crippen LogP contribution in [-0.4, -0.2) is 51.0 Å². The highest BCUT2D eigenvalue weighted by molar-refractivity contribution is 5.80. The summed E-state index contributed by atoms with van der Waals surface area (Å²) in [5.41, 5.74) is 4.40. The average molecular weight is 428 g/mol. The van der Waals surface area contributed by atoms with E-state index in [0.717, 1.165) is 56.6 Å². The fourth-order valence-corrected chi connectivity index (χ4v) is 5.36. The van der Waals surface area contributed by atoms with Gasteiger partial charge in [0.25, 0.3) is 0 Å². The lowest BCUT2D eigenvalue weighted by molar-refractivity contribution is -0.133. The highest BCUT2D eigenvalue weighted by Crippen LogP contribution is 2.37. The number of carbonyl (C=O) groups is 1. The van der Waals surface area contributed by atoms with Crippen molar-refractivity contribution in [1.29, 1.82) is 0 Å². The Morgan fingerprint density at radius 2 is 1.72 bits per heavy atom. The van der Waals surface area contributed by atoms with Crippen LogP contribution in [0.5, 0.6) is 0 Å². The van der Waals surface area contributed by atoms with Crippen molar-refractivity contribution in [2.75, 3.05) is 13.1 Å². The lowest BCUT2D eigenvalue weighted by Crippen LogP contribution is -2.58. The van der Waals surface area contributed by atoms with Crippen LogP contribution in [0.4, 0.5) is 0 Å². The van der Waals surface area contributed by atoms with Gasteiger partial charge in [-0.2, -0.15) is 0 Å². The normalized spacial score (nSPS) is 26.8. The first-order valence-corrected chi connectivity index (χ1v) is 11.8. The number of aromatic nitrogens is 3. The van der Waals surface area contributed by atoms with Gasteiger partial charge in [-0.15, -0.1) is 5.10 Å². The number of carbonyl (C=O) groups excluding carboxylic acids is 1. The summed E-state index contributed by atoms with van der Waals surface area (Å²) in [6, 6.07) is 19.8. The molecule has 0 radical (unpaired) electrons. The maximum Gasteiger partial charge on any atom is 0.224 e. The van der Waals surface area contributed by atoms with Crippen LogP contribution in [0.3, 0.4) is 0 Å². The number of hydrogen-bond donors (Lipinski definition) is 1. The highest BCUT2D eigenvalue weighted by atomic mass is 16.2. The second kappa shape index (κ2) is 8.17. The summed E-state index contributed by atoms with van der Waals surface area (Å²) in [5.74, 6) is 0.940. The van der Waals surface area contributed by atoms with E-state index in [9.17, 15) is 4.79 Å². The molecule has 4 fully saturated rings. The molecule has 7 rings (SSSR count). The van der Waals surface area contributed by atoms with E-state index < -0.39 is 0 Å². The fourth-order valence-electron chi connectivity index (χ4n) is 5.36. The molecule has 32 heavy (non-hydrogen) atoms. The van der Waals surface area contributed by atoms with Crippen molar-refractivity contribution in [1.82, 2.24) is 25.2 Å². The number of amides is 1. The summed E-state index contributed by atoms with van der Waals surface area (Å²) in [6.45, 7) is 2.81. The Kier molecular flexibility index (Phi) is 5.02. The van der Waals surface area contributed by atoms with Gasteiger partial charge in [-0.25, -0.2) is 0 Å². The number of rotatable bonds is 6. The minimum absolute atomic E-state index is 0.162. The van der Waals surface area contributed by atoms with Crippen LogP contribution in [0.2, 0.25) is 0 Å². The maximum atomic E-state index is 12.6. The zero-order valence-electron chi connectivity index (χ0n) is 18.2. The van der Waals surface area contributed by atoms with E-state index in [4.69, 9.17) is 0 Å². The van der Waals surface area contributed by atoms with Crippen molar-refractivity contribution in [3.63, 3.8) is 0 Å². The van der Waals surface area contributed by atoms with Gasteiger partial charge in [0, 0.05) is 24.2 Å². The Labute approximate surface area is 188 Å². The van der Waals surface area contributed by atoms with Crippen LogP contribution >= 0.6 is 0 Å². The molecule has 2 bridgehead atoms. The monoisotopic (exact) mass is 427 g/mol. The van der Waals surface area contributed by atoms with E-state index >= 15 is 0 Å². The second-order valence-electron chi connectivity index (χ2n) is 9.59. The predicted molar refractivity (Wildman–Crippen MR) is 124 cm³/mol. The number of fused-ring (bicyclic) bond motifs is 3. The third-order valence-electron chi connectivity index (χ3n) is 7.36. The van der Waals surface area contributed by atoms with Gasteiger partial charge in [-0.05, 0) is 49.3 Å². The topological polar surface area (TPSA) is 63.1 Å². The standard InChI is InChI=1S/C26H29N5O/c32-26(27-22-10-11-22)24-16-30-13-12-21(24)14-23(30)15-31-17-25(28-29-31)20-8-6-19(7-9-20)18-4-2-1-3-5-18/h1-9,17,21-24H,10-16H2,(H,27,32)/t21?,23-,24+/m1/s1. The molecule has 3 saturated heterocycles. The molecule has 3 aliphatic heterocycles. The molecule has 1 N–H and O–H groups in total. The molecule has 1 amide bonds. The van der Waals surface area contributed by atoms with Crippen molar-refractivity contribution < 1.29 is 4.79 Å². The van der Waals surface area contributed by atoms with E-state index in [2.05, 4.69) is 75.3 Å². The Balaban J connectivity index is 1.10. The number of piperidine rings is 3. The molecule has 2 aromatic carbocycles. The zero-order chi connectivity index (χ0) is 21.5. The Bertz CT molecular complexity index is 1090. The van der Waals surface area contributed by atoms with E-state index in [1.54, 1.807) is 0 Å². The van der Waals surface area contributed by atoms with Crippen molar-refractivity contribution >= 4 is 5.91 Å². The molecule has 164 valence electrons. The summed E-state index contributed by atoms with van der Waals surface area (Å²) in [7, 11) is 0. The minimum Gasteiger partial charge on any atom is -0.353 e. The summed E-state index contributed by atoms with van der Waals surface area (Å²) in [5, 5.41) is 12.1. The smallest absolute Gasteiger partial charge is 0.224 e. The molecule has 4 heterocycles. The van der Waals surface area contributed by atoms with Gasteiger partial charge in [0.15, 0.2) is 0 Å². The van der Waals surface area contributed by atoms with Gasteiger partial charge >= 0.3 is 0 Å². The summed E-state index contributed by atoms with van der Waals surface area (Å²) in [4.78, 5) is 15.1. The molecule has 0 spiro atoms. The number of nitrogens with zero attached hydrogens (tertiary/aromatic N) is 4. The van der Waals surface area contributed by atoms with Gasteiger partial charge in [-0.1, -0.05) is 59.8 Å². The molecule has 6 nitrogen and oxygen atoms in total. The first-order valence-electron chi connectivity index (χ1n) is 11.8. The van der Waals surface area contributed by atoms with Gasteiger partial charge in [0.1, 0.15) is 5.69 Å². The lowest BCUT2D eigenvalue weighted by atomic mass is 9.75. The van der Waals surface area contributed by atoms with E-state index in [-0.39, 0.29) is 11.8 Å². The lowest BCUT2D eigenvalue weighted by Gasteiger charge is -2.49. The maximum absolute atomic E-state index is 12.6. The minimum atomic E-state index is 0.162. The SMILES string of the molecule is O=C(NC1CC1)[C@H]1CN2CCC1C[C@@H]2Cn1cc(-c2ccc(-c3ccccc3)cc2)nn1. The van der Waals surface area contributed by atoms with Crippen LogP contribution in [0.25, 0.3) is 22.4 Å². The second-order valence-corrected chi connectivity index (χ2v) is 9.59. The van der Waals surface area contributed by atoms with Crippen molar-refractivity contribution in [3.8, 4) is 22.4 Å². The van der Waals surface area contributed by atoms with Crippen LogP contribution < -0.4 is 5.32 Å².